The summed E-state index contributed by atoms with van der Waals surface area (Å²) >= 11 is 17.2. The zero-order valence-corrected chi connectivity index (χ0v) is 14.0. The molecule has 0 atom stereocenters. The minimum atomic E-state index is 0.471. The van der Waals surface area contributed by atoms with Crippen molar-refractivity contribution in [1.82, 2.24) is 16.2 Å². The van der Waals surface area contributed by atoms with Crippen molar-refractivity contribution in [3.8, 4) is 0 Å². The third-order valence-corrected chi connectivity index (χ3v) is 4.49. The molecule has 0 spiro atoms. The molecule has 6 heteroatoms. The highest BCUT2D eigenvalue weighted by Crippen LogP contribution is 2.24. The first kappa shape index (κ1) is 16.4. The SMILES string of the molecule is C=C(NNC(=S)NC1CCCCC1)c1ccc(Cl)c(Cl)c1. The first-order valence-electron chi connectivity index (χ1n) is 7.03. The molecule has 0 bridgehead atoms. The molecule has 2 rings (SSSR count). The van der Waals surface area contributed by atoms with Crippen LogP contribution in [0.2, 0.25) is 10.0 Å². The Kier molecular flexibility index (Phi) is 6.15. The summed E-state index contributed by atoms with van der Waals surface area (Å²) in [6, 6.07) is 5.82. The zero-order valence-electron chi connectivity index (χ0n) is 11.7. The summed E-state index contributed by atoms with van der Waals surface area (Å²) in [6.07, 6.45) is 6.21. The van der Waals surface area contributed by atoms with Gasteiger partial charge in [0.2, 0.25) is 0 Å². The molecule has 1 aliphatic carbocycles. The van der Waals surface area contributed by atoms with Gasteiger partial charge in [0.25, 0.3) is 0 Å². The van der Waals surface area contributed by atoms with Gasteiger partial charge < -0.3 is 5.32 Å². The summed E-state index contributed by atoms with van der Waals surface area (Å²) in [7, 11) is 0. The second-order valence-corrected chi connectivity index (χ2v) is 6.39. The molecule has 0 unspecified atom stereocenters. The van der Waals surface area contributed by atoms with Gasteiger partial charge in [-0.15, -0.1) is 0 Å². The summed E-state index contributed by atoms with van der Waals surface area (Å²) in [5, 5.41) is 4.93. The van der Waals surface area contributed by atoms with Gasteiger partial charge in [0, 0.05) is 11.6 Å². The third-order valence-electron chi connectivity index (χ3n) is 3.54. The maximum Gasteiger partial charge on any atom is 0.185 e. The molecule has 1 fully saturated rings. The van der Waals surface area contributed by atoms with E-state index in [0.29, 0.717) is 26.9 Å². The quantitative estimate of drug-likeness (QED) is 0.563. The number of hydrogen-bond acceptors (Lipinski definition) is 2. The van der Waals surface area contributed by atoms with Gasteiger partial charge in [-0.25, -0.2) is 0 Å². The smallest absolute Gasteiger partial charge is 0.185 e. The van der Waals surface area contributed by atoms with Crippen LogP contribution >= 0.6 is 35.4 Å². The van der Waals surface area contributed by atoms with Crippen LogP contribution in [0.5, 0.6) is 0 Å². The highest BCUT2D eigenvalue weighted by atomic mass is 35.5. The van der Waals surface area contributed by atoms with Crippen molar-refractivity contribution < 1.29 is 0 Å². The van der Waals surface area contributed by atoms with E-state index in [4.69, 9.17) is 35.4 Å². The Labute approximate surface area is 141 Å². The minimum Gasteiger partial charge on any atom is -0.359 e. The van der Waals surface area contributed by atoms with Crippen molar-refractivity contribution in [2.75, 3.05) is 0 Å². The van der Waals surface area contributed by atoms with E-state index in [2.05, 4.69) is 22.7 Å². The van der Waals surface area contributed by atoms with E-state index >= 15 is 0 Å². The summed E-state index contributed by atoms with van der Waals surface area (Å²) in [6.45, 7) is 3.95. The summed E-state index contributed by atoms with van der Waals surface area (Å²) in [5.41, 5.74) is 7.48. The van der Waals surface area contributed by atoms with Crippen LogP contribution in [-0.2, 0) is 0 Å². The molecule has 21 heavy (non-hydrogen) atoms. The number of halogens is 2. The van der Waals surface area contributed by atoms with Gasteiger partial charge in [0.1, 0.15) is 0 Å². The molecule has 3 nitrogen and oxygen atoms in total. The monoisotopic (exact) mass is 343 g/mol. The molecule has 0 saturated heterocycles. The van der Waals surface area contributed by atoms with Crippen molar-refractivity contribution in [2.45, 2.75) is 38.1 Å². The van der Waals surface area contributed by atoms with Gasteiger partial charge in [-0.1, -0.05) is 55.1 Å². The molecule has 1 aromatic rings. The van der Waals surface area contributed by atoms with Gasteiger partial charge >= 0.3 is 0 Å². The predicted molar refractivity (Wildman–Crippen MR) is 94.4 cm³/mol. The number of hydrogen-bond donors (Lipinski definition) is 3. The third kappa shape index (κ3) is 5.06. The lowest BCUT2D eigenvalue weighted by atomic mass is 9.96. The Morgan fingerprint density at radius 2 is 1.81 bits per heavy atom. The molecule has 0 heterocycles. The van der Waals surface area contributed by atoms with E-state index < -0.39 is 0 Å². The van der Waals surface area contributed by atoms with Gasteiger partial charge in [0.05, 0.1) is 15.7 Å². The van der Waals surface area contributed by atoms with Gasteiger partial charge in [0.15, 0.2) is 5.11 Å². The van der Waals surface area contributed by atoms with Gasteiger partial charge in [-0.05, 0) is 37.2 Å². The van der Waals surface area contributed by atoms with Crippen molar-refractivity contribution >= 4 is 46.2 Å². The lowest BCUT2D eigenvalue weighted by molar-refractivity contribution is 0.411. The second kappa shape index (κ2) is 7.87. The highest BCUT2D eigenvalue weighted by molar-refractivity contribution is 7.80. The van der Waals surface area contributed by atoms with E-state index in [9.17, 15) is 0 Å². The first-order chi connectivity index (χ1) is 10.1. The maximum absolute atomic E-state index is 5.99. The summed E-state index contributed by atoms with van der Waals surface area (Å²) in [4.78, 5) is 0. The van der Waals surface area contributed by atoms with E-state index in [1.807, 2.05) is 6.07 Å². The van der Waals surface area contributed by atoms with Crippen molar-refractivity contribution in [3.05, 3.63) is 40.4 Å². The van der Waals surface area contributed by atoms with Crippen LogP contribution < -0.4 is 16.2 Å². The van der Waals surface area contributed by atoms with Crippen LogP contribution in [0.3, 0.4) is 0 Å². The number of hydrazine groups is 1. The van der Waals surface area contributed by atoms with Crippen molar-refractivity contribution in [2.24, 2.45) is 0 Å². The fraction of sp³-hybridized carbons (Fsp3) is 0.400. The van der Waals surface area contributed by atoms with E-state index in [1.54, 1.807) is 12.1 Å². The zero-order chi connectivity index (χ0) is 15.2. The maximum atomic E-state index is 5.99. The predicted octanol–water partition coefficient (Wildman–Crippen LogP) is 4.27. The van der Waals surface area contributed by atoms with Crippen LogP contribution in [0.15, 0.2) is 24.8 Å². The molecular weight excluding hydrogens is 325 g/mol. The van der Waals surface area contributed by atoms with Gasteiger partial charge in [-0.2, -0.15) is 0 Å². The normalized spacial score (nSPS) is 15.3. The molecule has 1 saturated carbocycles. The molecule has 1 aliphatic rings. The molecule has 114 valence electrons. The molecule has 1 aromatic carbocycles. The number of rotatable bonds is 4. The Hall–Kier alpha value is -0.970. The summed E-state index contributed by atoms with van der Waals surface area (Å²) < 4.78 is 0. The fourth-order valence-corrected chi connectivity index (χ4v) is 2.87. The van der Waals surface area contributed by atoms with Crippen molar-refractivity contribution in [1.29, 1.82) is 0 Å². The standard InChI is InChI=1S/C15H19Cl2N3S/c1-10(11-7-8-13(16)14(17)9-11)19-20-15(21)18-12-5-3-2-4-6-12/h7-9,12,19H,1-6H2,(H2,18,20,21). The van der Waals surface area contributed by atoms with Gasteiger partial charge in [-0.3, -0.25) is 10.9 Å². The number of thiocarbonyl (C=S) groups is 1. The molecule has 0 aromatic heterocycles. The Balaban J connectivity index is 1.80. The molecule has 0 amide bonds. The number of benzene rings is 1. The topological polar surface area (TPSA) is 36.1 Å². The Morgan fingerprint density at radius 1 is 1.10 bits per heavy atom. The second-order valence-electron chi connectivity index (χ2n) is 5.17. The lowest BCUT2D eigenvalue weighted by Gasteiger charge is -2.24. The van der Waals surface area contributed by atoms with Crippen LogP contribution in [0.4, 0.5) is 0 Å². The average molecular weight is 344 g/mol. The molecule has 3 N–H and O–H groups in total. The Bertz CT molecular complexity index is 528. The highest BCUT2D eigenvalue weighted by Gasteiger charge is 2.13. The lowest BCUT2D eigenvalue weighted by Crippen LogP contribution is -2.47. The van der Waals surface area contributed by atoms with Crippen LogP contribution in [0, 0.1) is 0 Å². The molecule has 0 radical (unpaired) electrons. The largest absolute Gasteiger partial charge is 0.359 e. The van der Waals surface area contributed by atoms with E-state index in [0.717, 1.165) is 5.56 Å². The first-order valence-corrected chi connectivity index (χ1v) is 8.19. The van der Waals surface area contributed by atoms with Crippen LogP contribution in [0.25, 0.3) is 5.70 Å². The van der Waals surface area contributed by atoms with Crippen LogP contribution in [-0.4, -0.2) is 11.2 Å². The van der Waals surface area contributed by atoms with E-state index in [-0.39, 0.29) is 0 Å². The minimum absolute atomic E-state index is 0.471. The molecule has 0 aliphatic heterocycles. The molecular formula is C15H19Cl2N3S. The van der Waals surface area contributed by atoms with Crippen molar-refractivity contribution in [3.63, 3.8) is 0 Å². The Morgan fingerprint density at radius 3 is 2.48 bits per heavy atom. The van der Waals surface area contributed by atoms with E-state index in [1.165, 1.54) is 32.1 Å². The van der Waals surface area contributed by atoms with Crippen LogP contribution in [0.1, 0.15) is 37.7 Å². The fourth-order valence-electron chi connectivity index (χ4n) is 2.36. The summed E-state index contributed by atoms with van der Waals surface area (Å²) in [5.74, 6) is 0. The average Bonchev–Trinajstić information content (AvgIpc) is 2.48. The number of nitrogens with one attached hydrogen (secondary N) is 3.